The molecule has 0 amide bonds. The summed E-state index contributed by atoms with van der Waals surface area (Å²) >= 11 is 9.69. The molecule has 2 N–H and O–H groups in total. The van der Waals surface area contributed by atoms with Gasteiger partial charge >= 0.3 is 0 Å². The van der Waals surface area contributed by atoms with Gasteiger partial charge in [0.1, 0.15) is 5.82 Å². The number of hydrogen-bond donors (Lipinski definition) is 2. The second-order valence-electron chi connectivity index (χ2n) is 4.89. The van der Waals surface area contributed by atoms with Crippen molar-refractivity contribution in [3.63, 3.8) is 0 Å². The standard InChI is InChI=1S/C14H16BrClN4/c15-10-1-2-11(12(16)7-10)13-8-18-14(19-13)9-20-5-3-17-4-6-20/h1-2,7-8,17H,3-6,9H2,(H,18,19). The van der Waals surface area contributed by atoms with Gasteiger partial charge in [-0.1, -0.05) is 33.6 Å². The van der Waals surface area contributed by atoms with E-state index in [1.54, 1.807) is 0 Å². The lowest BCUT2D eigenvalue weighted by Crippen LogP contribution is -2.43. The van der Waals surface area contributed by atoms with Crippen molar-refractivity contribution in [3.8, 4) is 11.3 Å². The van der Waals surface area contributed by atoms with Gasteiger partial charge in [-0.3, -0.25) is 4.90 Å². The van der Waals surface area contributed by atoms with Crippen LogP contribution in [0.3, 0.4) is 0 Å². The van der Waals surface area contributed by atoms with Crippen molar-refractivity contribution in [1.82, 2.24) is 20.2 Å². The first-order valence-corrected chi connectivity index (χ1v) is 7.82. The Balaban J connectivity index is 1.75. The number of H-pyrrole nitrogens is 1. The van der Waals surface area contributed by atoms with Gasteiger partial charge in [-0.05, 0) is 12.1 Å². The van der Waals surface area contributed by atoms with E-state index >= 15 is 0 Å². The molecule has 1 fully saturated rings. The van der Waals surface area contributed by atoms with Crippen LogP contribution in [0.25, 0.3) is 11.3 Å². The first kappa shape index (κ1) is 14.1. The van der Waals surface area contributed by atoms with Gasteiger partial charge in [-0.2, -0.15) is 0 Å². The van der Waals surface area contributed by atoms with Gasteiger partial charge in [0.05, 0.1) is 23.5 Å². The molecule has 106 valence electrons. The molecule has 0 aliphatic carbocycles. The third-order valence-corrected chi connectivity index (χ3v) is 4.24. The Labute approximate surface area is 131 Å². The number of nitrogens with one attached hydrogen (secondary N) is 2. The molecule has 1 aliphatic rings. The smallest absolute Gasteiger partial charge is 0.120 e. The Bertz CT molecular complexity index is 593. The van der Waals surface area contributed by atoms with Crippen molar-refractivity contribution in [1.29, 1.82) is 0 Å². The molecule has 2 aromatic rings. The predicted molar refractivity (Wildman–Crippen MR) is 84.9 cm³/mol. The van der Waals surface area contributed by atoms with Crippen molar-refractivity contribution < 1.29 is 0 Å². The van der Waals surface area contributed by atoms with E-state index in [9.17, 15) is 0 Å². The number of benzene rings is 1. The maximum atomic E-state index is 6.27. The van der Waals surface area contributed by atoms with Crippen LogP contribution in [-0.4, -0.2) is 41.0 Å². The third-order valence-electron chi connectivity index (χ3n) is 3.43. The first-order valence-electron chi connectivity index (χ1n) is 6.65. The van der Waals surface area contributed by atoms with E-state index in [-0.39, 0.29) is 0 Å². The zero-order valence-corrected chi connectivity index (χ0v) is 13.3. The Morgan fingerprint density at radius 3 is 2.85 bits per heavy atom. The van der Waals surface area contributed by atoms with Crippen LogP contribution in [0.15, 0.2) is 28.9 Å². The molecule has 0 atom stereocenters. The van der Waals surface area contributed by atoms with Crippen LogP contribution < -0.4 is 5.32 Å². The summed E-state index contributed by atoms with van der Waals surface area (Å²) in [6.07, 6.45) is 1.85. The summed E-state index contributed by atoms with van der Waals surface area (Å²) < 4.78 is 0.979. The van der Waals surface area contributed by atoms with E-state index in [1.807, 2.05) is 24.4 Å². The van der Waals surface area contributed by atoms with Crippen LogP contribution in [-0.2, 0) is 6.54 Å². The van der Waals surface area contributed by atoms with Crippen LogP contribution in [0.2, 0.25) is 5.02 Å². The summed E-state index contributed by atoms with van der Waals surface area (Å²) in [5.74, 6) is 0.987. The fourth-order valence-electron chi connectivity index (χ4n) is 2.37. The van der Waals surface area contributed by atoms with E-state index < -0.39 is 0 Å². The van der Waals surface area contributed by atoms with E-state index in [4.69, 9.17) is 11.6 Å². The van der Waals surface area contributed by atoms with Crippen LogP contribution >= 0.6 is 27.5 Å². The summed E-state index contributed by atoms with van der Waals surface area (Å²) in [5, 5.41) is 4.07. The third kappa shape index (κ3) is 3.23. The molecule has 0 spiro atoms. The minimum absolute atomic E-state index is 0.719. The van der Waals surface area contributed by atoms with Gasteiger partial charge in [0, 0.05) is 36.2 Å². The zero-order valence-electron chi connectivity index (χ0n) is 11.0. The average Bonchev–Trinajstić information content (AvgIpc) is 2.88. The molecule has 1 aromatic heterocycles. The SMILES string of the molecule is Clc1cc(Br)ccc1-c1cnc(CN2CCNCC2)[nH]1. The number of halogens is 2. The molecule has 0 radical (unpaired) electrons. The average molecular weight is 356 g/mol. The molecule has 1 aromatic carbocycles. The van der Waals surface area contributed by atoms with E-state index in [1.165, 1.54) is 0 Å². The highest BCUT2D eigenvalue weighted by molar-refractivity contribution is 9.10. The fourth-order valence-corrected chi connectivity index (χ4v) is 3.14. The highest BCUT2D eigenvalue weighted by Gasteiger charge is 2.13. The molecule has 3 rings (SSSR count). The normalized spacial score (nSPS) is 16.5. The summed E-state index contributed by atoms with van der Waals surface area (Å²) in [7, 11) is 0. The maximum absolute atomic E-state index is 6.27. The molecule has 0 saturated carbocycles. The summed E-state index contributed by atoms with van der Waals surface area (Å²) in [5.41, 5.74) is 1.95. The Kier molecular flexibility index (Phi) is 4.41. The number of imidazole rings is 1. The van der Waals surface area contributed by atoms with Crippen molar-refractivity contribution in [2.45, 2.75) is 6.54 Å². The fraction of sp³-hybridized carbons (Fsp3) is 0.357. The quantitative estimate of drug-likeness (QED) is 0.890. The number of aromatic amines is 1. The number of hydrogen-bond acceptors (Lipinski definition) is 3. The molecule has 20 heavy (non-hydrogen) atoms. The Hall–Kier alpha value is -0.880. The van der Waals surface area contributed by atoms with E-state index in [0.29, 0.717) is 0 Å². The van der Waals surface area contributed by atoms with Gasteiger partial charge in [-0.25, -0.2) is 4.98 Å². The van der Waals surface area contributed by atoms with Crippen LogP contribution in [0.4, 0.5) is 0 Å². The molecule has 2 heterocycles. The molecule has 6 heteroatoms. The summed E-state index contributed by atoms with van der Waals surface area (Å²) in [6, 6.07) is 5.88. The number of piperazine rings is 1. The van der Waals surface area contributed by atoms with Gasteiger partial charge in [0.25, 0.3) is 0 Å². The minimum Gasteiger partial charge on any atom is -0.341 e. The minimum atomic E-state index is 0.719. The lowest BCUT2D eigenvalue weighted by atomic mass is 10.2. The molecule has 1 saturated heterocycles. The number of rotatable bonds is 3. The largest absolute Gasteiger partial charge is 0.341 e. The molecular formula is C14H16BrClN4. The zero-order chi connectivity index (χ0) is 13.9. The predicted octanol–water partition coefficient (Wildman–Crippen LogP) is 2.90. The molecule has 0 unspecified atom stereocenters. The highest BCUT2D eigenvalue weighted by Crippen LogP contribution is 2.29. The van der Waals surface area contributed by atoms with Crippen molar-refractivity contribution in [2.75, 3.05) is 26.2 Å². The summed E-state index contributed by atoms with van der Waals surface area (Å²) in [6.45, 7) is 5.08. The number of aromatic nitrogens is 2. The lowest BCUT2D eigenvalue weighted by Gasteiger charge is -2.26. The van der Waals surface area contributed by atoms with E-state index in [0.717, 1.165) is 59.3 Å². The second-order valence-corrected chi connectivity index (χ2v) is 6.22. The van der Waals surface area contributed by atoms with Crippen molar-refractivity contribution in [3.05, 3.63) is 39.7 Å². The van der Waals surface area contributed by atoms with E-state index in [2.05, 4.69) is 36.1 Å². The molecule has 4 nitrogen and oxygen atoms in total. The van der Waals surface area contributed by atoms with Crippen LogP contribution in [0.5, 0.6) is 0 Å². The maximum Gasteiger partial charge on any atom is 0.120 e. The Morgan fingerprint density at radius 1 is 1.30 bits per heavy atom. The lowest BCUT2D eigenvalue weighted by molar-refractivity contribution is 0.228. The van der Waals surface area contributed by atoms with Crippen LogP contribution in [0, 0.1) is 0 Å². The highest BCUT2D eigenvalue weighted by atomic mass is 79.9. The second kappa shape index (κ2) is 6.26. The van der Waals surface area contributed by atoms with Crippen molar-refractivity contribution in [2.24, 2.45) is 0 Å². The van der Waals surface area contributed by atoms with Gasteiger partial charge in [0.15, 0.2) is 0 Å². The topological polar surface area (TPSA) is 44.0 Å². The van der Waals surface area contributed by atoms with Gasteiger partial charge < -0.3 is 10.3 Å². The van der Waals surface area contributed by atoms with Crippen LogP contribution in [0.1, 0.15) is 5.82 Å². The molecular weight excluding hydrogens is 340 g/mol. The monoisotopic (exact) mass is 354 g/mol. The Morgan fingerprint density at radius 2 is 2.10 bits per heavy atom. The summed E-state index contributed by atoms with van der Waals surface area (Å²) in [4.78, 5) is 10.2. The number of nitrogens with zero attached hydrogens (tertiary/aromatic N) is 2. The first-order chi connectivity index (χ1) is 9.72. The molecule has 1 aliphatic heterocycles. The van der Waals surface area contributed by atoms with Gasteiger partial charge in [-0.15, -0.1) is 0 Å². The van der Waals surface area contributed by atoms with Gasteiger partial charge in [0.2, 0.25) is 0 Å². The molecule has 0 bridgehead atoms. The van der Waals surface area contributed by atoms with Crippen molar-refractivity contribution >= 4 is 27.5 Å².